The monoisotopic (exact) mass is 197 g/mol. The number of unbranched alkanes of at least 4 members (excludes halogenated alkanes) is 3. The Kier molecular flexibility index (Phi) is 5.22. The molecule has 1 rings (SSSR count). The topological polar surface area (TPSA) is 39.9 Å². The number of nitrogens with zero attached hydrogens (tertiary/aromatic N) is 3. The Morgan fingerprint density at radius 1 is 1.36 bits per heavy atom. The Hall–Kier alpha value is -0.900. The van der Waals surface area contributed by atoms with Gasteiger partial charge < -0.3 is 4.74 Å². The van der Waals surface area contributed by atoms with E-state index < -0.39 is 0 Å². The zero-order chi connectivity index (χ0) is 10.2. The van der Waals surface area contributed by atoms with Gasteiger partial charge in [-0.1, -0.05) is 26.2 Å². The van der Waals surface area contributed by atoms with E-state index in [0.29, 0.717) is 0 Å². The maximum Gasteiger partial charge on any atom is 0.151 e. The van der Waals surface area contributed by atoms with E-state index >= 15 is 0 Å². The second-order valence-electron chi connectivity index (χ2n) is 3.42. The van der Waals surface area contributed by atoms with Gasteiger partial charge >= 0.3 is 0 Å². The second kappa shape index (κ2) is 6.54. The van der Waals surface area contributed by atoms with Crippen molar-refractivity contribution in [3.63, 3.8) is 0 Å². The highest BCUT2D eigenvalue weighted by Gasteiger charge is 2.08. The molecule has 0 radical (unpaired) electrons. The largest absolute Gasteiger partial charge is 0.360 e. The van der Waals surface area contributed by atoms with E-state index in [2.05, 4.69) is 17.0 Å². The lowest BCUT2D eigenvalue weighted by Gasteiger charge is -2.14. The van der Waals surface area contributed by atoms with Crippen molar-refractivity contribution in [2.75, 3.05) is 7.11 Å². The highest BCUT2D eigenvalue weighted by molar-refractivity contribution is 4.61. The first-order chi connectivity index (χ1) is 6.88. The summed E-state index contributed by atoms with van der Waals surface area (Å²) >= 11 is 0. The summed E-state index contributed by atoms with van der Waals surface area (Å²) in [5.74, 6) is 0. The van der Waals surface area contributed by atoms with Crippen molar-refractivity contribution in [3.8, 4) is 0 Å². The molecule has 0 aliphatic carbocycles. The molecular weight excluding hydrogens is 178 g/mol. The van der Waals surface area contributed by atoms with Crippen molar-refractivity contribution in [2.45, 2.75) is 45.3 Å². The van der Waals surface area contributed by atoms with E-state index in [1.165, 1.54) is 32.0 Å². The molecular formula is C10H19N3O. The smallest absolute Gasteiger partial charge is 0.151 e. The van der Waals surface area contributed by atoms with Crippen LogP contribution in [0.3, 0.4) is 0 Å². The summed E-state index contributed by atoms with van der Waals surface area (Å²) in [5, 5.41) is 4.07. The summed E-state index contributed by atoms with van der Waals surface area (Å²) < 4.78 is 7.11. The fraction of sp³-hybridized carbons (Fsp3) is 0.800. The number of hydrogen-bond acceptors (Lipinski definition) is 3. The first-order valence-electron chi connectivity index (χ1n) is 5.25. The summed E-state index contributed by atoms with van der Waals surface area (Å²) in [4.78, 5) is 3.91. The molecule has 1 atom stereocenters. The molecule has 1 aromatic rings. The lowest BCUT2D eigenvalue weighted by Crippen LogP contribution is -2.11. The third-order valence-corrected chi connectivity index (χ3v) is 2.31. The molecule has 0 N–H and O–H groups in total. The van der Waals surface area contributed by atoms with Crippen LogP contribution < -0.4 is 0 Å². The van der Waals surface area contributed by atoms with Crippen LogP contribution in [0.5, 0.6) is 0 Å². The van der Waals surface area contributed by atoms with Gasteiger partial charge in [0.25, 0.3) is 0 Å². The third kappa shape index (κ3) is 3.46. The molecule has 0 amide bonds. The van der Waals surface area contributed by atoms with Crippen LogP contribution in [0.2, 0.25) is 0 Å². The minimum absolute atomic E-state index is 0.0503. The molecule has 4 heteroatoms. The van der Waals surface area contributed by atoms with Crippen LogP contribution in [0.4, 0.5) is 0 Å². The van der Waals surface area contributed by atoms with Crippen LogP contribution in [-0.4, -0.2) is 21.9 Å². The standard InChI is InChI=1S/C10H19N3O/c1-3-4-5-6-7-10(14-2)13-9-11-8-12-13/h8-10H,3-7H2,1-2H3. The lowest BCUT2D eigenvalue weighted by molar-refractivity contribution is 0.0246. The van der Waals surface area contributed by atoms with E-state index in [1.54, 1.807) is 18.1 Å². The number of rotatable bonds is 7. The predicted molar refractivity (Wildman–Crippen MR) is 54.8 cm³/mol. The molecule has 80 valence electrons. The summed E-state index contributed by atoms with van der Waals surface area (Å²) in [6.45, 7) is 2.21. The molecule has 0 bridgehead atoms. The summed E-state index contributed by atoms with van der Waals surface area (Å²) in [6.07, 6.45) is 9.33. The van der Waals surface area contributed by atoms with Crippen molar-refractivity contribution in [3.05, 3.63) is 12.7 Å². The van der Waals surface area contributed by atoms with Gasteiger partial charge in [0.1, 0.15) is 12.7 Å². The van der Waals surface area contributed by atoms with Gasteiger partial charge in [-0.2, -0.15) is 5.10 Å². The van der Waals surface area contributed by atoms with Crippen molar-refractivity contribution >= 4 is 0 Å². The van der Waals surface area contributed by atoms with Crippen LogP contribution >= 0.6 is 0 Å². The first-order valence-corrected chi connectivity index (χ1v) is 5.25. The third-order valence-electron chi connectivity index (χ3n) is 2.31. The van der Waals surface area contributed by atoms with Crippen molar-refractivity contribution in [2.24, 2.45) is 0 Å². The fourth-order valence-corrected chi connectivity index (χ4v) is 1.47. The van der Waals surface area contributed by atoms with Crippen LogP contribution in [0.25, 0.3) is 0 Å². The summed E-state index contributed by atoms with van der Waals surface area (Å²) in [6, 6.07) is 0. The average molecular weight is 197 g/mol. The van der Waals surface area contributed by atoms with Gasteiger partial charge in [-0.05, 0) is 12.8 Å². The van der Waals surface area contributed by atoms with Gasteiger partial charge in [0.05, 0.1) is 0 Å². The summed E-state index contributed by atoms with van der Waals surface area (Å²) in [7, 11) is 1.71. The number of aromatic nitrogens is 3. The Balaban J connectivity index is 2.26. The Bertz CT molecular complexity index is 223. The SMILES string of the molecule is CCCCCCC(OC)n1cncn1. The molecule has 0 aliphatic heterocycles. The molecule has 0 saturated heterocycles. The second-order valence-corrected chi connectivity index (χ2v) is 3.42. The van der Waals surface area contributed by atoms with E-state index in [4.69, 9.17) is 4.74 Å². The summed E-state index contributed by atoms with van der Waals surface area (Å²) in [5.41, 5.74) is 0. The molecule has 1 heterocycles. The van der Waals surface area contributed by atoms with Gasteiger partial charge in [-0.15, -0.1) is 0 Å². The van der Waals surface area contributed by atoms with Crippen LogP contribution in [0.15, 0.2) is 12.7 Å². The number of methoxy groups -OCH3 is 1. The van der Waals surface area contributed by atoms with Crippen LogP contribution in [0.1, 0.15) is 45.3 Å². The van der Waals surface area contributed by atoms with E-state index in [0.717, 1.165) is 6.42 Å². The molecule has 0 spiro atoms. The molecule has 4 nitrogen and oxygen atoms in total. The lowest BCUT2D eigenvalue weighted by atomic mass is 10.1. The van der Waals surface area contributed by atoms with Crippen molar-refractivity contribution in [1.82, 2.24) is 14.8 Å². The maximum atomic E-state index is 5.34. The zero-order valence-electron chi connectivity index (χ0n) is 9.02. The zero-order valence-corrected chi connectivity index (χ0v) is 9.02. The Labute approximate surface area is 85.3 Å². The van der Waals surface area contributed by atoms with Crippen LogP contribution in [0, 0.1) is 0 Å². The quantitative estimate of drug-likeness (QED) is 0.630. The minimum Gasteiger partial charge on any atom is -0.360 e. The molecule has 0 aromatic carbocycles. The Morgan fingerprint density at radius 2 is 2.21 bits per heavy atom. The minimum atomic E-state index is 0.0503. The highest BCUT2D eigenvalue weighted by Crippen LogP contribution is 2.15. The number of hydrogen-bond donors (Lipinski definition) is 0. The van der Waals surface area contributed by atoms with Gasteiger partial charge in [0, 0.05) is 7.11 Å². The van der Waals surface area contributed by atoms with Gasteiger partial charge in [-0.3, -0.25) is 0 Å². The van der Waals surface area contributed by atoms with Gasteiger partial charge in [-0.25, -0.2) is 9.67 Å². The molecule has 0 fully saturated rings. The van der Waals surface area contributed by atoms with E-state index in [9.17, 15) is 0 Å². The maximum absolute atomic E-state index is 5.34. The fourth-order valence-electron chi connectivity index (χ4n) is 1.47. The van der Waals surface area contributed by atoms with Crippen LogP contribution in [-0.2, 0) is 4.74 Å². The van der Waals surface area contributed by atoms with Crippen molar-refractivity contribution < 1.29 is 4.74 Å². The van der Waals surface area contributed by atoms with Crippen molar-refractivity contribution in [1.29, 1.82) is 0 Å². The first kappa shape index (κ1) is 11.2. The van der Waals surface area contributed by atoms with Gasteiger partial charge in [0.2, 0.25) is 0 Å². The highest BCUT2D eigenvalue weighted by atomic mass is 16.5. The normalized spacial score (nSPS) is 13.0. The molecule has 0 aliphatic rings. The average Bonchev–Trinajstić information content (AvgIpc) is 2.71. The molecule has 1 aromatic heterocycles. The molecule has 0 saturated carbocycles. The van der Waals surface area contributed by atoms with E-state index in [1.807, 2.05) is 0 Å². The Morgan fingerprint density at radius 3 is 2.79 bits per heavy atom. The van der Waals surface area contributed by atoms with E-state index in [-0.39, 0.29) is 6.23 Å². The predicted octanol–water partition coefficient (Wildman–Crippen LogP) is 2.39. The molecule has 1 unspecified atom stereocenters. The number of ether oxygens (including phenoxy) is 1. The van der Waals surface area contributed by atoms with Gasteiger partial charge in [0.15, 0.2) is 6.23 Å². The molecule has 14 heavy (non-hydrogen) atoms.